The Balaban J connectivity index is 1.69. The summed E-state index contributed by atoms with van der Waals surface area (Å²) in [5, 5.41) is 20.8. The molecule has 0 aromatic heterocycles. The fourth-order valence-electron chi connectivity index (χ4n) is 8.03. The van der Waals surface area contributed by atoms with Gasteiger partial charge in [0.05, 0.1) is 25.3 Å². The number of carbonyl (C=O) groups is 2. The van der Waals surface area contributed by atoms with Gasteiger partial charge in [-0.25, -0.2) is 0 Å². The van der Waals surface area contributed by atoms with E-state index >= 15 is 0 Å². The van der Waals surface area contributed by atoms with Crippen molar-refractivity contribution in [1.29, 1.82) is 0 Å². The van der Waals surface area contributed by atoms with Crippen LogP contribution in [0.15, 0.2) is 0 Å². The van der Waals surface area contributed by atoms with E-state index in [1.807, 2.05) is 44.4 Å². The van der Waals surface area contributed by atoms with E-state index in [0.29, 0.717) is 5.92 Å². The Hall–Kier alpha value is -1.14. The predicted molar refractivity (Wildman–Crippen MR) is 128 cm³/mol. The number of amides is 2. The first-order valence-corrected chi connectivity index (χ1v) is 13.4. The molecule has 2 amide bonds. The molecule has 2 heterocycles. The van der Waals surface area contributed by atoms with E-state index in [1.165, 1.54) is 6.42 Å². The summed E-state index contributed by atoms with van der Waals surface area (Å²) in [5.74, 6) is 0.862. The highest BCUT2D eigenvalue weighted by atomic mass is 16.3. The monoisotopic (exact) mass is 462 g/mol. The van der Waals surface area contributed by atoms with E-state index in [0.717, 1.165) is 51.4 Å². The zero-order valence-corrected chi connectivity index (χ0v) is 21.4. The maximum Gasteiger partial charge on any atom is 0.229 e. The third-order valence-corrected chi connectivity index (χ3v) is 9.46. The van der Waals surface area contributed by atoms with Gasteiger partial charge in [0.2, 0.25) is 11.8 Å². The van der Waals surface area contributed by atoms with Crippen LogP contribution in [0.3, 0.4) is 0 Å². The van der Waals surface area contributed by atoms with E-state index < -0.39 is 10.8 Å². The van der Waals surface area contributed by atoms with E-state index in [1.54, 1.807) is 0 Å². The lowest BCUT2D eigenvalue weighted by Gasteiger charge is -2.44. The normalized spacial score (nSPS) is 37.1. The predicted octanol–water partition coefficient (Wildman–Crippen LogP) is 3.59. The van der Waals surface area contributed by atoms with Crippen LogP contribution in [-0.2, 0) is 9.59 Å². The lowest BCUT2D eigenvalue weighted by Crippen LogP contribution is -2.55. The number of nitrogens with zero attached hydrogens (tertiary/aromatic N) is 2. The summed E-state index contributed by atoms with van der Waals surface area (Å²) in [6, 6.07) is -0.102. The Labute approximate surface area is 200 Å². The van der Waals surface area contributed by atoms with Crippen LogP contribution in [0.25, 0.3) is 0 Å². The largest absolute Gasteiger partial charge is 0.394 e. The second-order valence-electron chi connectivity index (χ2n) is 12.9. The Kier molecular flexibility index (Phi) is 6.92. The van der Waals surface area contributed by atoms with Crippen molar-refractivity contribution in [3.05, 3.63) is 0 Å². The minimum absolute atomic E-state index is 0.0175. The Morgan fingerprint density at radius 2 is 1.39 bits per heavy atom. The molecule has 33 heavy (non-hydrogen) atoms. The molecule has 4 fully saturated rings. The number of rotatable bonds is 4. The summed E-state index contributed by atoms with van der Waals surface area (Å²) in [6.45, 7) is 9.85. The highest BCUT2D eigenvalue weighted by Gasteiger charge is 2.60. The number of hydrogen-bond donors (Lipinski definition) is 2. The second-order valence-corrected chi connectivity index (χ2v) is 12.9. The van der Waals surface area contributed by atoms with Gasteiger partial charge < -0.3 is 20.0 Å². The molecule has 2 saturated heterocycles. The number of fused-ring (bicyclic) bond motifs is 2. The molecule has 0 bridgehead atoms. The minimum atomic E-state index is -0.708. The van der Waals surface area contributed by atoms with Gasteiger partial charge in [-0.1, -0.05) is 60.3 Å². The summed E-state index contributed by atoms with van der Waals surface area (Å²) in [5.41, 5.74) is -1.23. The third kappa shape index (κ3) is 4.13. The van der Waals surface area contributed by atoms with Crippen LogP contribution in [0.4, 0.5) is 0 Å². The van der Waals surface area contributed by atoms with Crippen LogP contribution in [0.1, 0.15) is 92.4 Å². The Morgan fingerprint density at radius 1 is 0.788 bits per heavy atom. The van der Waals surface area contributed by atoms with Gasteiger partial charge in [0, 0.05) is 28.8 Å². The van der Waals surface area contributed by atoms with Crippen molar-refractivity contribution in [2.75, 3.05) is 13.2 Å². The molecule has 7 atom stereocenters. The second kappa shape index (κ2) is 9.14. The van der Waals surface area contributed by atoms with E-state index in [4.69, 9.17) is 0 Å². The first kappa shape index (κ1) is 25.0. The van der Waals surface area contributed by atoms with Crippen molar-refractivity contribution >= 4 is 11.8 Å². The van der Waals surface area contributed by atoms with E-state index in [2.05, 4.69) is 0 Å². The summed E-state index contributed by atoms with van der Waals surface area (Å²) in [7, 11) is 0. The molecule has 0 aromatic carbocycles. The van der Waals surface area contributed by atoms with Crippen molar-refractivity contribution in [2.24, 2.45) is 28.6 Å². The quantitative estimate of drug-likeness (QED) is 0.669. The van der Waals surface area contributed by atoms with Crippen LogP contribution in [-0.4, -0.2) is 69.2 Å². The van der Waals surface area contributed by atoms with Gasteiger partial charge in [-0.3, -0.25) is 9.59 Å². The molecule has 2 aliphatic carbocycles. The SMILES string of the molecule is CC(C)(C)C(=O)N1C2CCCCC2C(C(C)(C)C(=O)N2[C@H](CO)C[C@@H]3CCCC[C@@H]32)C1CO. The molecule has 2 saturated carbocycles. The number of aliphatic hydroxyl groups excluding tert-OH is 2. The van der Waals surface area contributed by atoms with Crippen LogP contribution in [0.2, 0.25) is 0 Å². The van der Waals surface area contributed by atoms with Gasteiger partial charge in [0.15, 0.2) is 0 Å². The zero-order chi connectivity index (χ0) is 24.1. The van der Waals surface area contributed by atoms with Crippen molar-refractivity contribution in [3.63, 3.8) is 0 Å². The first-order valence-electron chi connectivity index (χ1n) is 13.4. The molecule has 0 radical (unpaired) electrons. The Bertz CT molecular complexity index is 745. The molecule has 0 aromatic rings. The van der Waals surface area contributed by atoms with Crippen molar-refractivity contribution in [1.82, 2.24) is 9.80 Å². The van der Waals surface area contributed by atoms with Gasteiger partial charge in [-0.2, -0.15) is 0 Å². The molecule has 6 heteroatoms. The number of carbonyl (C=O) groups excluding carboxylic acids is 2. The fourth-order valence-corrected chi connectivity index (χ4v) is 8.03. The van der Waals surface area contributed by atoms with Crippen LogP contribution in [0, 0.1) is 28.6 Å². The van der Waals surface area contributed by atoms with Gasteiger partial charge >= 0.3 is 0 Å². The fraction of sp³-hybridized carbons (Fsp3) is 0.926. The van der Waals surface area contributed by atoms with Gasteiger partial charge in [-0.05, 0) is 43.9 Å². The summed E-state index contributed by atoms with van der Waals surface area (Å²) in [6.07, 6.45) is 9.60. The summed E-state index contributed by atoms with van der Waals surface area (Å²) >= 11 is 0. The van der Waals surface area contributed by atoms with E-state index in [-0.39, 0.29) is 61.0 Å². The van der Waals surface area contributed by atoms with Crippen LogP contribution in [0.5, 0.6) is 0 Å². The maximum atomic E-state index is 14.3. The molecule has 2 N–H and O–H groups in total. The van der Waals surface area contributed by atoms with Gasteiger partial charge in [-0.15, -0.1) is 0 Å². The summed E-state index contributed by atoms with van der Waals surface area (Å²) in [4.78, 5) is 31.9. The van der Waals surface area contributed by atoms with Crippen LogP contribution < -0.4 is 0 Å². The highest BCUT2D eigenvalue weighted by molar-refractivity contribution is 5.85. The average Bonchev–Trinajstić information content (AvgIpc) is 3.32. The van der Waals surface area contributed by atoms with Crippen molar-refractivity contribution < 1.29 is 19.8 Å². The molecule has 2 aliphatic heterocycles. The molecule has 4 aliphatic rings. The first-order chi connectivity index (χ1) is 15.5. The summed E-state index contributed by atoms with van der Waals surface area (Å²) < 4.78 is 0. The molecule has 0 spiro atoms. The number of hydrogen-bond acceptors (Lipinski definition) is 4. The third-order valence-electron chi connectivity index (χ3n) is 9.46. The standard InChI is InChI=1S/C27H46N2O4/c1-26(2,3)24(32)29-21-13-9-7-11-19(21)23(22(29)16-31)27(4,5)25(33)28-18(15-30)14-17-10-6-8-12-20(17)28/h17-23,30-31H,6-16H2,1-5H3/t17-,18-,19?,20-,21?,22?,23?/m0/s1. The molecule has 6 nitrogen and oxygen atoms in total. The molecular formula is C27H46N2O4. The topological polar surface area (TPSA) is 81.1 Å². The smallest absolute Gasteiger partial charge is 0.229 e. The van der Waals surface area contributed by atoms with E-state index in [9.17, 15) is 19.8 Å². The number of likely N-dealkylation sites (tertiary alicyclic amines) is 2. The minimum Gasteiger partial charge on any atom is -0.394 e. The Morgan fingerprint density at radius 3 is 2.00 bits per heavy atom. The van der Waals surface area contributed by atoms with Crippen molar-refractivity contribution in [2.45, 2.75) is 117 Å². The van der Waals surface area contributed by atoms with Crippen LogP contribution >= 0.6 is 0 Å². The number of aliphatic hydroxyl groups is 2. The average molecular weight is 463 g/mol. The van der Waals surface area contributed by atoms with Crippen molar-refractivity contribution in [3.8, 4) is 0 Å². The molecule has 4 rings (SSSR count). The molecule has 188 valence electrons. The van der Waals surface area contributed by atoms with Gasteiger partial charge in [0.1, 0.15) is 0 Å². The maximum absolute atomic E-state index is 14.3. The lowest BCUT2D eigenvalue weighted by molar-refractivity contribution is -0.152. The molecular weight excluding hydrogens is 416 g/mol. The van der Waals surface area contributed by atoms with Gasteiger partial charge in [0.25, 0.3) is 0 Å². The highest BCUT2D eigenvalue weighted by Crippen LogP contribution is 2.53. The lowest BCUT2D eigenvalue weighted by atomic mass is 9.65. The molecule has 4 unspecified atom stereocenters. The zero-order valence-electron chi connectivity index (χ0n) is 21.4.